The van der Waals surface area contributed by atoms with Gasteiger partial charge < -0.3 is 15.4 Å². The number of hydrogen-bond donors (Lipinski definition) is 2. The number of carbonyl (C=O) groups is 1. The molecule has 114 valence electrons. The molecule has 4 nitrogen and oxygen atoms in total. The van der Waals surface area contributed by atoms with Gasteiger partial charge in [0.25, 0.3) is 0 Å². The van der Waals surface area contributed by atoms with Crippen molar-refractivity contribution in [2.45, 2.75) is 46.6 Å². The molecule has 0 atom stereocenters. The maximum Gasteiger partial charge on any atom is 0.337 e. The van der Waals surface area contributed by atoms with E-state index in [4.69, 9.17) is 5.73 Å². The van der Waals surface area contributed by atoms with Gasteiger partial charge in [0.15, 0.2) is 0 Å². The van der Waals surface area contributed by atoms with E-state index in [-0.39, 0.29) is 0 Å². The van der Waals surface area contributed by atoms with Gasteiger partial charge in [0, 0.05) is 17.6 Å². The first-order valence-corrected chi connectivity index (χ1v) is 7.56. The summed E-state index contributed by atoms with van der Waals surface area (Å²) >= 11 is 0. The normalized spacial score (nSPS) is 11.2. The van der Waals surface area contributed by atoms with Crippen molar-refractivity contribution in [3.05, 3.63) is 34.5 Å². The molecule has 2 aromatic rings. The lowest BCUT2D eigenvalue weighted by atomic mass is 10.0. The Morgan fingerprint density at radius 3 is 2.62 bits per heavy atom. The first-order chi connectivity index (χ1) is 10.0. The molecule has 2 rings (SSSR count). The fraction of sp³-hybridized carbons (Fsp3) is 0.471. The topological polar surface area (TPSA) is 68.2 Å². The van der Waals surface area contributed by atoms with Crippen molar-refractivity contribution in [3.63, 3.8) is 0 Å². The Labute approximate surface area is 125 Å². The van der Waals surface area contributed by atoms with Crippen molar-refractivity contribution in [1.29, 1.82) is 0 Å². The lowest BCUT2D eigenvalue weighted by molar-refractivity contribution is 0.0698. The third kappa shape index (κ3) is 2.81. The van der Waals surface area contributed by atoms with E-state index in [1.165, 1.54) is 5.56 Å². The van der Waals surface area contributed by atoms with Crippen molar-refractivity contribution in [3.8, 4) is 0 Å². The Balaban J connectivity index is 2.80. The molecule has 0 saturated heterocycles. The number of hydrogen-bond acceptors (Lipinski definition) is 2. The van der Waals surface area contributed by atoms with Crippen LogP contribution in [0.25, 0.3) is 10.9 Å². The molecule has 0 aliphatic rings. The summed E-state index contributed by atoms with van der Waals surface area (Å²) in [5.41, 5.74) is 10.3. The van der Waals surface area contributed by atoms with Crippen LogP contribution in [0.4, 0.5) is 0 Å². The summed E-state index contributed by atoms with van der Waals surface area (Å²) in [6.45, 7) is 7.58. The second kappa shape index (κ2) is 6.31. The number of carboxylic acid groups (broad SMARTS) is 1. The Bertz CT molecular complexity index is 671. The van der Waals surface area contributed by atoms with Crippen LogP contribution in [0, 0.1) is 13.8 Å². The fourth-order valence-electron chi connectivity index (χ4n) is 3.04. The zero-order chi connectivity index (χ0) is 15.6. The highest BCUT2D eigenvalue weighted by molar-refractivity contribution is 6.04. The molecule has 0 unspecified atom stereocenters. The van der Waals surface area contributed by atoms with Crippen LogP contribution < -0.4 is 5.73 Å². The minimum absolute atomic E-state index is 0.396. The molecule has 21 heavy (non-hydrogen) atoms. The third-order valence-electron chi connectivity index (χ3n) is 4.05. The van der Waals surface area contributed by atoms with Crippen LogP contribution in [0.1, 0.15) is 46.9 Å². The van der Waals surface area contributed by atoms with Crippen molar-refractivity contribution < 1.29 is 9.90 Å². The minimum Gasteiger partial charge on any atom is -0.478 e. The first kappa shape index (κ1) is 15.6. The Morgan fingerprint density at radius 2 is 2.05 bits per heavy atom. The van der Waals surface area contributed by atoms with Crippen molar-refractivity contribution in [2.24, 2.45) is 5.73 Å². The molecule has 0 radical (unpaired) electrons. The van der Waals surface area contributed by atoms with Gasteiger partial charge in [-0.25, -0.2) is 4.79 Å². The number of nitrogens with two attached hydrogens (primary N) is 1. The number of aromatic nitrogens is 1. The Kier molecular flexibility index (Phi) is 4.68. The van der Waals surface area contributed by atoms with E-state index in [0.29, 0.717) is 12.1 Å². The number of aryl methyl sites for hydroxylation is 2. The summed E-state index contributed by atoms with van der Waals surface area (Å²) in [7, 11) is 0. The molecule has 0 spiro atoms. The first-order valence-electron chi connectivity index (χ1n) is 7.56. The quantitative estimate of drug-likeness (QED) is 0.857. The zero-order valence-corrected chi connectivity index (χ0v) is 13.1. The van der Waals surface area contributed by atoms with Crippen LogP contribution >= 0.6 is 0 Å². The standard InChI is InChI=1S/C17H24N2O2/c1-4-5-8-19-12(3)13(6-7-18)14-9-11(2)10-15(16(14)19)17(20)21/h9-10H,4-8,18H2,1-3H3,(H,20,21). The average Bonchev–Trinajstić information content (AvgIpc) is 2.69. The van der Waals surface area contributed by atoms with Gasteiger partial charge in [-0.3, -0.25) is 0 Å². The Hall–Kier alpha value is -1.81. The Morgan fingerprint density at radius 1 is 1.33 bits per heavy atom. The molecule has 0 saturated carbocycles. The molecule has 1 aromatic heterocycles. The fourth-order valence-corrected chi connectivity index (χ4v) is 3.04. The van der Waals surface area contributed by atoms with Gasteiger partial charge in [0.2, 0.25) is 0 Å². The van der Waals surface area contributed by atoms with Crippen LogP contribution in [-0.4, -0.2) is 22.2 Å². The van der Waals surface area contributed by atoms with Crippen LogP contribution in [0.5, 0.6) is 0 Å². The number of aromatic carboxylic acids is 1. The van der Waals surface area contributed by atoms with Gasteiger partial charge >= 0.3 is 5.97 Å². The van der Waals surface area contributed by atoms with Gasteiger partial charge in [-0.05, 0) is 56.5 Å². The number of unbranched alkanes of at least 4 members (excludes halogenated alkanes) is 1. The number of nitrogens with zero attached hydrogens (tertiary/aromatic N) is 1. The van der Waals surface area contributed by atoms with Gasteiger partial charge in [-0.1, -0.05) is 13.3 Å². The SMILES string of the molecule is CCCCn1c(C)c(CCN)c2cc(C)cc(C(=O)O)c21. The summed E-state index contributed by atoms with van der Waals surface area (Å²) in [5, 5.41) is 10.6. The van der Waals surface area contributed by atoms with Crippen LogP contribution in [0.3, 0.4) is 0 Å². The second-order valence-corrected chi connectivity index (χ2v) is 5.62. The second-order valence-electron chi connectivity index (χ2n) is 5.62. The van der Waals surface area contributed by atoms with E-state index in [0.717, 1.165) is 48.0 Å². The number of carboxylic acids is 1. The molecule has 1 heterocycles. The van der Waals surface area contributed by atoms with Crippen molar-refractivity contribution in [1.82, 2.24) is 4.57 Å². The minimum atomic E-state index is -0.863. The zero-order valence-electron chi connectivity index (χ0n) is 13.1. The number of rotatable bonds is 6. The van der Waals surface area contributed by atoms with Gasteiger partial charge in [0.1, 0.15) is 0 Å². The van der Waals surface area contributed by atoms with E-state index in [9.17, 15) is 9.90 Å². The van der Waals surface area contributed by atoms with E-state index in [2.05, 4.69) is 24.5 Å². The van der Waals surface area contributed by atoms with E-state index < -0.39 is 5.97 Å². The smallest absolute Gasteiger partial charge is 0.337 e. The molecular formula is C17H24N2O2. The molecule has 0 amide bonds. The summed E-state index contributed by atoms with van der Waals surface area (Å²) in [4.78, 5) is 11.6. The summed E-state index contributed by atoms with van der Waals surface area (Å²) in [5.74, 6) is -0.863. The highest BCUT2D eigenvalue weighted by Gasteiger charge is 2.19. The average molecular weight is 288 g/mol. The predicted octanol–water partition coefficient (Wildman–Crippen LogP) is 3.26. The molecular weight excluding hydrogens is 264 g/mol. The lowest BCUT2D eigenvalue weighted by Gasteiger charge is -2.10. The van der Waals surface area contributed by atoms with Crippen molar-refractivity contribution in [2.75, 3.05) is 6.54 Å². The van der Waals surface area contributed by atoms with Crippen LogP contribution in [0.2, 0.25) is 0 Å². The van der Waals surface area contributed by atoms with Gasteiger partial charge in [-0.15, -0.1) is 0 Å². The molecule has 0 aliphatic carbocycles. The highest BCUT2D eigenvalue weighted by Crippen LogP contribution is 2.31. The number of fused-ring (bicyclic) bond motifs is 1. The van der Waals surface area contributed by atoms with E-state index in [1.807, 2.05) is 6.92 Å². The van der Waals surface area contributed by atoms with Gasteiger partial charge in [0.05, 0.1) is 11.1 Å². The lowest BCUT2D eigenvalue weighted by Crippen LogP contribution is -2.06. The van der Waals surface area contributed by atoms with Crippen molar-refractivity contribution >= 4 is 16.9 Å². The summed E-state index contributed by atoms with van der Waals surface area (Å²) < 4.78 is 2.16. The predicted molar refractivity (Wildman–Crippen MR) is 86.0 cm³/mol. The largest absolute Gasteiger partial charge is 0.478 e. The molecule has 3 N–H and O–H groups in total. The third-order valence-corrected chi connectivity index (χ3v) is 4.05. The molecule has 0 aliphatic heterocycles. The van der Waals surface area contributed by atoms with E-state index in [1.54, 1.807) is 6.07 Å². The molecule has 0 bridgehead atoms. The van der Waals surface area contributed by atoms with Crippen LogP contribution in [-0.2, 0) is 13.0 Å². The number of benzene rings is 1. The highest BCUT2D eigenvalue weighted by atomic mass is 16.4. The maximum absolute atomic E-state index is 11.6. The summed E-state index contributed by atoms with van der Waals surface area (Å²) in [6.07, 6.45) is 2.91. The van der Waals surface area contributed by atoms with Gasteiger partial charge in [-0.2, -0.15) is 0 Å². The van der Waals surface area contributed by atoms with Crippen LogP contribution in [0.15, 0.2) is 12.1 Å². The molecule has 1 aromatic carbocycles. The van der Waals surface area contributed by atoms with E-state index >= 15 is 0 Å². The molecule has 4 heteroatoms. The summed E-state index contributed by atoms with van der Waals surface area (Å²) in [6, 6.07) is 3.85. The maximum atomic E-state index is 11.6. The monoisotopic (exact) mass is 288 g/mol. The molecule has 0 fully saturated rings.